The lowest BCUT2D eigenvalue weighted by Gasteiger charge is -2.26. The molecule has 8 nitrogen and oxygen atoms in total. The molecule has 0 bridgehead atoms. The monoisotopic (exact) mass is 465 g/mol. The van der Waals surface area contributed by atoms with Crippen LogP contribution < -0.4 is 14.2 Å². The number of rotatable bonds is 9. The number of furan rings is 1. The molecule has 2 aromatic carbocycles. The molecule has 1 aliphatic heterocycles. The minimum absolute atomic E-state index is 0.00935. The van der Waals surface area contributed by atoms with Crippen LogP contribution in [0.4, 0.5) is 0 Å². The Morgan fingerprint density at radius 1 is 1.06 bits per heavy atom. The van der Waals surface area contributed by atoms with Gasteiger partial charge in [0.15, 0.2) is 34.4 Å². The quantitative estimate of drug-likeness (QED) is 0.452. The predicted octanol–water partition coefficient (Wildman–Crippen LogP) is 4.84. The van der Waals surface area contributed by atoms with Crippen LogP contribution in [0.25, 0.3) is 11.0 Å². The van der Waals surface area contributed by atoms with Gasteiger partial charge in [-0.1, -0.05) is 25.1 Å². The van der Waals surface area contributed by atoms with Crippen molar-refractivity contribution >= 4 is 22.7 Å². The second-order valence-electron chi connectivity index (χ2n) is 7.83. The van der Waals surface area contributed by atoms with Crippen LogP contribution in [0, 0.1) is 0 Å². The minimum atomic E-state index is -0.806. The number of ether oxygens (including phenoxy) is 3. The summed E-state index contributed by atoms with van der Waals surface area (Å²) in [7, 11) is 3.03. The number of benzene rings is 2. The lowest BCUT2D eigenvalue weighted by Crippen LogP contribution is -2.31. The summed E-state index contributed by atoms with van der Waals surface area (Å²) in [5.41, 5.74) is 0.994. The molecule has 0 saturated heterocycles. The van der Waals surface area contributed by atoms with Gasteiger partial charge in [0.25, 0.3) is 5.91 Å². The number of nitrogens with zero attached hydrogens (tertiary/aromatic N) is 1. The number of carbonyl (C=O) groups is 2. The van der Waals surface area contributed by atoms with E-state index in [1.54, 1.807) is 42.5 Å². The van der Waals surface area contributed by atoms with Gasteiger partial charge in [-0.3, -0.25) is 9.59 Å². The fourth-order valence-corrected chi connectivity index (χ4v) is 4.27. The molecule has 2 heterocycles. The second-order valence-corrected chi connectivity index (χ2v) is 7.83. The molecule has 1 aliphatic rings. The number of hydrogen-bond acceptors (Lipinski definition) is 7. The van der Waals surface area contributed by atoms with Crippen molar-refractivity contribution < 1.29 is 33.3 Å². The second kappa shape index (κ2) is 9.51. The average Bonchev–Trinajstić information content (AvgIpc) is 3.39. The molecule has 1 atom stereocenters. The van der Waals surface area contributed by atoms with Gasteiger partial charge >= 0.3 is 0 Å². The van der Waals surface area contributed by atoms with E-state index in [4.69, 9.17) is 18.6 Å². The number of amides is 1. The van der Waals surface area contributed by atoms with E-state index < -0.39 is 23.5 Å². The van der Waals surface area contributed by atoms with Crippen molar-refractivity contribution in [3.8, 4) is 17.2 Å². The Morgan fingerprint density at radius 3 is 2.50 bits per heavy atom. The summed E-state index contributed by atoms with van der Waals surface area (Å²) in [6, 6.07) is 11.3. The number of aliphatic hydroxyl groups excluding tert-OH is 1. The van der Waals surface area contributed by atoms with Gasteiger partial charge in [-0.15, -0.1) is 0 Å². The van der Waals surface area contributed by atoms with E-state index >= 15 is 0 Å². The average molecular weight is 466 g/mol. The Kier molecular flexibility index (Phi) is 6.49. The van der Waals surface area contributed by atoms with E-state index in [1.807, 2.05) is 13.8 Å². The van der Waals surface area contributed by atoms with Crippen LogP contribution in [0.3, 0.4) is 0 Å². The Hall–Kier alpha value is -3.94. The highest BCUT2D eigenvalue weighted by Gasteiger charge is 2.44. The van der Waals surface area contributed by atoms with Crippen molar-refractivity contribution in [3.63, 3.8) is 0 Å². The molecule has 0 saturated carbocycles. The van der Waals surface area contributed by atoms with Gasteiger partial charge in [-0.25, -0.2) is 0 Å². The van der Waals surface area contributed by atoms with Crippen LogP contribution in [0.1, 0.15) is 42.4 Å². The summed E-state index contributed by atoms with van der Waals surface area (Å²) >= 11 is 0. The number of methoxy groups -OCH3 is 2. The number of Topliss-reactive ketones (excluding diaryl/α,β-unsaturated/α-hetero) is 1. The van der Waals surface area contributed by atoms with Crippen molar-refractivity contribution in [1.29, 1.82) is 0 Å². The van der Waals surface area contributed by atoms with Crippen LogP contribution in [0.5, 0.6) is 17.2 Å². The van der Waals surface area contributed by atoms with Gasteiger partial charge in [0, 0.05) is 11.9 Å². The lowest BCUT2D eigenvalue weighted by molar-refractivity contribution is -0.129. The third-order valence-corrected chi connectivity index (χ3v) is 5.77. The van der Waals surface area contributed by atoms with Crippen LogP contribution in [-0.4, -0.2) is 49.1 Å². The van der Waals surface area contributed by atoms with E-state index in [1.165, 1.54) is 19.1 Å². The van der Waals surface area contributed by atoms with Crippen LogP contribution in [0.15, 0.2) is 58.2 Å². The molecule has 178 valence electrons. The van der Waals surface area contributed by atoms with Crippen molar-refractivity contribution in [1.82, 2.24) is 4.90 Å². The molecular weight excluding hydrogens is 438 g/mol. The fourth-order valence-electron chi connectivity index (χ4n) is 4.27. The molecule has 1 unspecified atom stereocenters. The maximum atomic E-state index is 13.6. The number of aliphatic hydroxyl groups is 1. The SMILES string of the molecule is CCCN1C(=O)C(O)=C(C(=O)c2cc3cccc(OC)c3o2)C1c1ccc(OCC)c(OC)c1. The third-order valence-electron chi connectivity index (χ3n) is 5.77. The first-order valence-corrected chi connectivity index (χ1v) is 11.1. The first-order chi connectivity index (χ1) is 16.4. The van der Waals surface area contributed by atoms with E-state index in [2.05, 4.69) is 0 Å². The molecule has 0 aliphatic carbocycles. The first-order valence-electron chi connectivity index (χ1n) is 11.1. The Bertz CT molecular complexity index is 1270. The normalized spacial score (nSPS) is 15.8. The van der Waals surface area contributed by atoms with E-state index in [-0.39, 0.29) is 11.3 Å². The number of ketones is 1. The van der Waals surface area contributed by atoms with Gasteiger partial charge < -0.3 is 28.6 Å². The number of fused-ring (bicyclic) bond motifs is 1. The standard InChI is InChI=1S/C26H27NO7/c1-5-12-27-22(15-10-11-17(33-6-2)19(13-15)32-4)21(24(29)26(27)30)23(28)20-14-16-8-7-9-18(31-3)25(16)34-20/h7-11,13-14,22,29H,5-6,12H2,1-4H3. The Morgan fingerprint density at radius 2 is 1.82 bits per heavy atom. The summed E-state index contributed by atoms with van der Waals surface area (Å²) in [4.78, 5) is 28.1. The molecule has 4 rings (SSSR count). The fraction of sp³-hybridized carbons (Fsp3) is 0.308. The van der Waals surface area contributed by atoms with Gasteiger partial charge in [-0.05, 0) is 43.2 Å². The maximum Gasteiger partial charge on any atom is 0.290 e. The zero-order chi connectivity index (χ0) is 24.4. The number of para-hydroxylation sites is 1. The maximum absolute atomic E-state index is 13.6. The van der Waals surface area contributed by atoms with E-state index in [0.29, 0.717) is 53.4 Å². The van der Waals surface area contributed by atoms with Crippen molar-refractivity contribution in [3.05, 3.63) is 65.1 Å². The summed E-state index contributed by atoms with van der Waals surface area (Å²) in [5.74, 6) is -0.241. The zero-order valence-electron chi connectivity index (χ0n) is 19.6. The summed E-state index contributed by atoms with van der Waals surface area (Å²) in [6.45, 7) is 4.60. The smallest absolute Gasteiger partial charge is 0.290 e. The number of carbonyl (C=O) groups excluding carboxylic acids is 2. The predicted molar refractivity (Wildman–Crippen MR) is 126 cm³/mol. The van der Waals surface area contributed by atoms with Gasteiger partial charge in [-0.2, -0.15) is 0 Å². The van der Waals surface area contributed by atoms with Gasteiger partial charge in [0.2, 0.25) is 5.78 Å². The zero-order valence-corrected chi connectivity index (χ0v) is 19.6. The highest BCUT2D eigenvalue weighted by molar-refractivity contribution is 6.16. The van der Waals surface area contributed by atoms with Crippen LogP contribution in [0.2, 0.25) is 0 Å². The molecule has 0 spiro atoms. The molecule has 1 aromatic heterocycles. The summed E-state index contributed by atoms with van der Waals surface area (Å²) < 4.78 is 22.2. The third kappa shape index (κ3) is 3.85. The molecule has 3 aromatic rings. The molecule has 0 radical (unpaired) electrons. The van der Waals surface area contributed by atoms with E-state index in [0.717, 1.165) is 0 Å². The van der Waals surface area contributed by atoms with Crippen molar-refractivity contribution in [2.45, 2.75) is 26.3 Å². The molecule has 34 heavy (non-hydrogen) atoms. The molecule has 1 amide bonds. The van der Waals surface area contributed by atoms with Crippen LogP contribution in [-0.2, 0) is 4.79 Å². The Balaban J connectivity index is 1.82. The van der Waals surface area contributed by atoms with Crippen molar-refractivity contribution in [2.75, 3.05) is 27.4 Å². The van der Waals surface area contributed by atoms with Crippen molar-refractivity contribution in [2.24, 2.45) is 0 Å². The highest BCUT2D eigenvalue weighted by atomic mass is 16.5. The number of hydrogen-bond donors (Lipinski definition) is 1. The lowest BCUT2D eigenvalue weighted by atomic mass is 9.94. The van der Waals surface area contributed by atoms with Crippen LogP contribution >= 0.6 is 0 Å². The first kappa shape index (κ1) is 23.2. The molecule has 8 heteroatoms. The topological polar surface area (TPSA) is 98.4 Å². The minimum Gasteiger partial charge on any atom is -0.503 e. The largest absolute Gasteiger partial charge is 0.503 e. The molecule has 1 N–H and O–H groups in total. The molecular formula is C26H27NO7. The Labute approximate surface area is 197 Å². The van der Waals surface area contributed by atoms with Gasteiger partial charge in [0.05, 0.1) is 32.4 Å². The summed E-state index contributed by atoms with van der Waals surface area (Å²) in [6.07, 6.45) is 0.646. The highest BCUT2D eigenvalue weighted by Crippen LogP contribution is 2.42. The van der Waals surface area contributed by atoms with Gasteiger partial charge in [0.1, 0.15) is 0 Å². The van der Waals surface area contributed by atoms with E-state index in [9.17, 15) is 14.7 Å². The summed E-state index contributed by atoms with van der Waals surface area (Å²) in [5, 5.41) is 11.5. The molecule has 0 fully saturated rings.